The molecular formula is C29H29ClN3O4-. The number of hydrogen-bond acceptors (Lipinski definition) is 4. The van der Waals surface area contributed by atoms with Crippen LogP contribution in [0.15, 0.2) is 78.9 Å². The average Bonchev–Trinajstić information content (AvgIpc) is 2.96. The summed E-state index contributed by atoms with van der Waals surface area (Å²) in [4.78, 5) is 40.8. The highest BCUT2D eigenvalue weighted by Crippen LogP contribution is 2.42. The molecule has 0 bridgehead atoms. The lowest BCUT2D eigenvalue weighted by Crippen LogP contribution is -2.61. The highest BCUT2D eigenvalue weighted by molar-refractivity contribution is 6.30. The fourth-order valence-electron chi connectivity index (χ4n) is 4.84. The van der Waals surface area contributed by atoms with Crippen LogP contribution in [0.1, 0.15) is 44.2 Å². The molecule has 1 heterocycles. The Kier molecular flexibility index (Phi) is 7.55. The largest absolute Gasteiger partial charge is 0.548 e. The number of hydrogen-bond donors (Lipinski definition) is 2. The number of anilines is 2. The fourth-order valence-corrected chi connectivity index (χ4v) is 4.97. The average molecular weight is 519 g/mol. The number of para-hydroxylation sites is 1. The summed E-state index contributed by atoms with van der Waals surface area (Å²) in [5.74, 6) is -2.14. The van der Waals surface area contributed by atoms with Gasteiger partial charge in [0.25, 0.3) is 0 Å². The van der Waals surface area contributed by atoms with Gasteiger partial charge in [-0.2, -0.15) is 0 Å². The van der Waals surface area contributed by atoms with Gasteiger partial charge in [-0.25, -0.2) is 4.79 Å². The summed E-state index contributed by atoms with van der Waals surface area (Å²) in [5.41, 5.74) is 1.91. The standard InChI is InChI=1S/C29H30ClN3O4/c1-29(2,3)25(27(35)36)33-24-12-8-7-11-21(24)22(18-9-5-4-6-10-18)17-23(26(33)34)32-28(37)31-20-15-13-19(30)14-16-20/h4-16,22-23,25H,17H2,1-3H3,(H,35,36)(H2,31,32,37)/p-1. The minimum absolute atomic E-state index is 0.244. The number of carboxylic acids is 1. The van der Waals surface area contributed by atoms with Gasteiger partial charge in [-0.05, 0) is 53.3 Å². The Balaban J connectivity index is 1.79. The first-order valence-corrected chi connectivity index (χ1v) is 12.4. The highest BCUT2D eigenvalue weighted by Gasteiger charge is 2.43. The van der Waals surface area contributed by atoms with Gasteiger partial charge >= 0.3 is 6.03 Å². The Morgan fingerprint density at radius 2 is 1.59 bits per heavy atom. The molecule has 0 radical (unpaired) electrons. The van der Waals surface area contributed by atoms with Crippen molar-refractivity contribution in [2.45, 2.75) is 45.2 Å². The summed E-state index contributed by atoms with van der Waals surface area (Å²) in [7, 11) is 0. The van der Waals surface area contributed by atoms with E-state index in [9.17, 15) is 19.5 Å². The van der Waals surface area contributed by atoms with E-state index in [1.165, 1.54) is 4.90 Å². The summed E-state index contributed by atoms with van der Waals surface area (Å²) in [6, 6.07) is 20.7. The molecule has 2 N–H and O–H groups in total. The predicted octanol–water partition coefficient (Wildman–Crippen LogP) is 4.56. The van der Waals surface area contributed by atoms with E-state index in [-0.39, 0.29) is 12.3 Å². The third-order valence-electron chi connectivity index (χ3n) is 6.49. The highest BCUT2D eigenvalue weighted by atomic mass is 35.5. The van der Waals surface area contributed by atoms with Gasteiger partial charge in [-0.3, -0.25) is 4.79 Å². The van der Waals surface area contributed by atoms with Crippen LogP contribution in [0.4, 0.5) is 16.2 Å². The van der Waals surface area contributed by atoms with Gasteiger partial charge in [0, 0.05) is 22.3 Å². The Labute approximate surface area is 221 Å². The van der Waals surface area contributed by atoms with E-state index in [2.05, 4.69) is 10.6 Å². The molecule has 8 heteroatoms. The Morgan fingerprint density at radius 1 is 0.973 bits per heavy atom. The maximum Gasteiger partial charge on any atom is 0.319 e. The molecule has 4 rings (SSSR count). The third kappa shape index (κ3) is 5.78. The van der Waals surface area contributed by atoms with Crippen molar-refractivity contribution in [2.24, 2.45) is 5.41 Å². The minimum atomic E-state index is -1.36. The molecule has 7 nitrogen and oxygen atoms in total. The lowest BCUT2D eigenvalue weighted by atomic mass is 9.84. The number of rotatable bonds is 5. The van der Waals surface area contributed by atoms with E-state index < -0.39 is 35.4 Å². The monoisotopic (exact) mass is 518 g/mol. The lowest BCUT2D eigenvalue weighted by molar-refractivity contribution is -0.309. The molecule has 0 saturated heterocycles. The number of urea groups is 1. The summed E-state index contributed by atoms with van der Waals surface area (Å²) in [6.45, 7) is 5.25. The maximum atomic E-state index is 14.1. The molecule has 0 aromatic heterocycles. The van der Waals surface area contributed by atoms with Crippen molar-refractivity contribution in [3.63, 3.8) is 0 Å². The van der Waals surface area contributed by atoms with Crippen LogP contribution in [-0.4, -0.2) is 30.0 Å². The molecule has 3 aromatic rings. The first-order chi connectivity index (χ1) is 17.6. The summed E-state index contributed by atoms with van der Waals surface area (Å²) >= 11 is 5.94. The summed E-state index contributed by atoms with van der Waals surface area (Å²) in [6.07, 6.45) is 0.244. The zero-order valence-corrected chi connectivity index (χ0v) is 21.7. The zero-order chi connectivity index (χ0) is 26.7. The van der Waals surface area contributed by atoms with Crippen molar-refractivity contribution in [2.75, 3.05) is 10.2 Å². The number of nitrogens with one attached hydrogen (secondary N) is 2. The number of carbonyl (C=O) groups is 3. The van der Waals surface area contributed by atoms with Crippen LogP contribution in [0.25, 0.3) is 0 Å². The van der Waals surface area contributed by atoms with Gasteiger partial charge in [0.05, 0.1) is 12.0 Å². The fraction of sp³-hybridized carbons (Fsp3) is 0.276. The molecule has 192 valence electrons. The summed E-state index contributed by atoms with van der Waals surface area (Å²) < 4.78 is 0. The molecule has 0 aliphatic carbocycles. The number of halogens is 1. The van der Waals surface area contributed by atoms with Gasteiger partial charge in [0.1, 0.15) is 6.04 Å². The van der Waals surface area contributed by atoms with Crippen molar-refractivity contribution >= 4 is 40.9 Å². The van der Waals surface area contributed by atoms with Gasteiger partial charge in [0.2, 0.25) is 5.91 Å². The van der Waals surface area contributed by atoms with Crippen molar-refractivity contribution < 1.29 is 19.5 Å². The second-order valence-electron chi connectivity index (χ2n) is 10.2. The second kappa shape index (κ2) is 10.6. The number of carbonyl (C=O) groups excluding carboxylic acids is 3. The number of amides is 3. The zero-order valence-electron chi connectivity index (χ0n) is 20.9. The Morgan fingerprint density at radius 3 is 2.22 bits per heavy atom. The Hall–Kier alpha value is -3.84. The lowest BCUT2D eigenvalue weighted by Gasteiger charge is -2.41. The van der Waals surface area contributed by atoms with E-state index in [1.54, 1.807) is 57.2 Å². The van der Waals surface area contributed by atoms with E-state index in [1.807, 2.05) is 42.5 Å². The first kappa shape index (κ1) is 26.2. The van der Waals surface area contributed by atoms with Gasteiger partial charge in [-0.1, -0.05) is 80.9 Å². The number of fused-ring (bicyclic) bond motifs is 1. The topological polar surface area (TPSA) is 102 Å². The quantitative estimate of drug-likeness (QED) is 0.516. The molecule has 1 aliphatic rings. The van der Waals surface area contributed by atoms with Gasteiger partial charge in [-0.15, -0.1) is 0 Å². The van der Waals surface area contributed by atoms with Crippen LogP contribution in [0.5, 0.6) is 0 Å². The van der Waals surface area contributed by atoms with E-state index in [0.29, 0.717) is 16.4 Å². The third-order valence-corrected chi connectivity index (χ3v) is 6.74. The molecule has 0 saturated carbocycles. The van der Waals surface area contributed by atoms with Gasteiger partial charge < -0.3 is 25.4 Å². The number of benzene rings is 3. The minimum Gasteiger partial charge on any atom is -0.548 e. The van der Waals surface area contributed by atoms with Crippen LogP contribution < -0.4 is 20.6 Å². The van der Waals surface area contributed by atoms with Gasteiger partial charge in [0.15, 0.2) is 0 Å². The molecule has 3 unspecified atom stereocenters. The van der Waals surface area contributed by atoms with Crippen molar-refractivity contribution in [3.05, 3.63) is 95.0 Å². The molecule has 0 fully saturated rings. The maximum absolute atomic E-state index is 14.1. The van der Waals surface area contributed by atoms with Crippen molar-refractivity contribution in [1.29, 1.82) is 0 Å². The number of carboxylic acid groups (broad SMARTS) is 1. The molecule has 3 amide bonds. The summed E-state index contributed by atoms with van der Waals surface area (Å²) in [5, 5.41) is 18.5. The SMILES string of the molecule is CC(C)(C)C(C(=O)[O-])N1C(=O)C(NC(=O)Nc2ccc(Cl)cc2)CC(c2ccccc2)c2ccccc21. The molecule has 1 aliphatic heterocycles. The first-order valence-electron chi connectivity index (χ1n) is 12.1. The van der Waals surface area contributed by atoms with Crippen LogP contribution in [0, 0.1) is 5.41 Å². The number of nitrogens with zero attached hydrogens (tertiary/aromatic N) is 1. The predicted molar refractivity (Wildman–Crippen MR) is 142 cm³/mol. The molecule has 37 heavy (non-hydrogen) atoms. The van der Waals surface area contributed by atoms with Crippen LogP contribution >= 0.6 is 11.6 Å². The molecular weight excluding hydrogens is 490 g/mol. The second-order valence-corrected chi connectivity index (χ2v) is 10.6. The Bertz CT molecular complexity index is 1290. The van der Waals surface area contributed by atoms with E-state index >= 15 is 0 Å². The molecule has 3 atom stereocenters. The van der Waals surface area contributed by atoms with Crippen molar-refractivity contribution in [1.82, 2.24) is 5.32 Å². The molecule has 0 spiro atoms. The van der Waals surface area contributed by atoms with Crippen LogP contribution in [-0.2, 0) is 9.59 Å². The van der Waals surface area contributed by atoms with E-state index in [4.69, 9.17) is 11.6 Å². The van der Waals surface area contributed by atoms with Crippen LogP contribution in [0.3, 0.4) is 0 Å². The smallest absolute Gasteiger partial charge is 0.319 e. The van der Waals surface area contributed by atoms with Crippen molar-refractivity contribution in [3.8, 4) is 0 Å². The number of aliphatic carboxylic acids is 1. The van der Waals surface area contributed by atoms with Crippen LogP contribution in [0.2, 0.25) is 5.02 Å². The van der Waals surface area contributed by atoms with E-state index in [0.717, 1.165) is 11.1 Å². The normalized spacial score (nSPS) is 18.4. The molecule has 3 aromatic carbocycles.